The molecule has 0 aliphatic heterocycles. The molecule has 1 N–H and O–H groups in total. The van der Waals surface area contributed by atoms with Gasteiger partial charge in [-0.15, -0.1) is 0 Å². The fourth-order valence-electron chi connectivity index (χ4n) is 1.30. The highest BCUT2D eigenvalue weighted by Gasteiger charge is 2.04. The fourth-order valence-corrected chi connectivity index (χ4v) is 1.30. The molecule has 0 unspecified atom stereocenters. The van der Waals surface area contributed by atoms with E-state index in [4.69, 9.17) is 5.26 Å². The second kappa shape index (κ2) is 2.96. The van der Waals surface area contributed by atoms with Crippen LogP contribution in [-0.4, -0.2) is 4.98 Å². The Kier molecular flexibility index (Phi) is 1.79. The van der Waals surface area contributed by atoms with E-state index >= 15 is 0 Å². The topological polar surface area (TPSA) is 56.6 Å². The molecule has 1 aromatic heterocycles. The van der Waals surface area contributed by atoms with Gasteiger partial charge in [-0.3, -0.25) is 4.79 Å². The van der Waals surface area contributed by atoms with E-state index in [1.165, 1.54) is 0 Å². The van der Waals surface area contributed by atoms with Gasteiger partial charge in [0.05, 0.1) is 11.6 Å². The maximum Gasteiger partial charge on any atom is 0.284 e. The van der Waals surface area contributed by atoms with Gasteiger partial charge in [-0.25, -0.2) is 4.39 Å². The highest BCUT2D eigenvalue weighted by Crippen LogP contribution is 2.14. The quantitative estimate of drug-likeness (QED) is 0.681. The number of H-pyrrole nitrogens is 1. The number of nitrogens with one attached hydrogen (secondary N) is 1. The molecule has 0 bridgehead atoms. The van der Waals surface area contributed by atoms with Gasteiger partial charge in [-0.2, -0.15) is 5.26 Å². The average molecular weight is 188 g/mol. The zero-order valence-corrected chi connectivity index (χ0v) is 7.04. The molecule has 0 spiro atoms. The van der Waals surface area contributed by atoms with Crippen LogP contribution in [0, 0.1) is 17.1 Å². The Hall–Kier alpha value is -2.15. The third-order valence-corrected chi connectivity index (χ3v) is 1.96. The van der Waals surface area contributed by atoms with Crippen molar-refractivity contribution < 1.29 is 4.39 Å². The normalized spacial score (nSPS) is 10.0. The van der Waals surface area contributed by atoms with Crippen LogP contribution in [0.1, 0.15) is 5.56 Å². The minimum atomic E-state index is -0.875. The number of fused-ring (bicyclic) bond motifs is 1. The fraction of sp³-hybridized carbons (Fsp3) is 0. The van der Waals surface area contributed by atoms with Crippen LogP contribution in [0.2, 0.25) is 0 Å². The van der Waals surface area contributed by atoms with Crippen molar-refractivity contribution in [3.05, 3.63) is 46.0 Å². The van der Waals surface area contributed by atoms with Crippen LogP contribution in [0.3, 0.4) is 0 Å². The number of hydrogen-bond acceptors (Lipinski definition) is 2. The van der Waals surface area contributed by atoms with Crippen molar-refractivity contribution in [2.45, 2.75) is 0 Å². The number of nitriles is 1. The summed E-state index contributed by atoms with van der Waals surface area (Å²) in [5.41, 5.74) is 0.0423. The monoisotopic (exact) mass is 188 g/mol. The molecule has 68 valence electrons. The molecule has 0 amide bonds. The van der Waals surface area contributed by atoms with E-state index in [9.17, 15) is 9.18 Å². The Balaban J connectivity index is 2.97. The Morgan fingerprint density at radius 3 is 2.93 bits per heavy atom. The maximum atomic E-state index is 12.9. The van der Waals surface area contributed by atoms with E-state index in [2.05, 4.69) is 4.98 Å². The standard InChI is InChI=1S/C10H5FN2O/c11-8-4-7-6(5-12)2-1-3-9(7)13-10(8)14/h1-4H,(H,13,14). The van der Waals surface area contributed by atoms with Crippen LogP contribution in [0.4, 0.5) is 4.39 Å². The number of aromatic nitrogens is 1. The van der Waals surface area contributed by atoms with Gasteiger partial charge in [0.2, 0.25) is 0 Å². The lowest BCUT2D eigenvalue weighted by Gasteiger charge is -1.98. The number of pyridine rings is 1. The van der Waals surface area contributed by atoms with Crippen LogP contribution in [-0.2, 0) is 0 Å². The summed E-state index contributed by atoms with van der Waals surface area (Å²) < 4.78 is 12.9. The van der Waals surface area contributed by atoms with Crippen LogP contribution < -0.4 is 5.56 Å². The zero-order chi connectivity index (χ0) is 10.1. The minimum Gasteiger partial charge on any atom is -0.319 e. The Bertz CT molecular complexity index is 595. The van der Waals surface area contributed by atoms with Gasteiger partial charge in [0.25, 0.3) is 5.56 Å². The van der Waals surface area contributed by atoms with Gasteiger partial charge in [0.1, 0.15) is 0 Å². The molecule has 0 saturated carbocycles. The molecule has 0 fully saturated rings. The summed E-state index contributed by atoms with van der Waals surface area (Å²) in [7, 11) is 0. The van der Waals surface area contributed by atoms with Crippen LogP contribution in [0.25, 0.3) is 10.9 Å². The molecule has 4 heteroatoms. The lowest BCUT2D eigenvalue weighted by Crippen LogP contribution is -2.09. The molecule has 0 aliphatic rings. The average Bonchev–Trinajstić information content (AvgIpc) is 2.19. The number of aromatic amines is 1. The number of benzene rings is 1. The van der Waals surface area contributed by atoms with Crippen molar-refractivity contribution in [1.29, 1.82) is 5.26 Å². The van der Waals surface area contributed by atoms with Gasteiger partial charge in [0.15, 0.2) is 5.82 Å². The number of rotatable bonds is 0. The minimum absolute atomic E-state index is 0.345. The van der Waals surface area contributed by atoms with E-state index in [1.54, 1.807) is 18.2 Å². The zero-order valence-electron chi connectivity index (χ0n) is 7.04. The molecule has 0 radical (unpaired) electrons. The summed E-state index contributed by atoms with van der Waals surface area (Å²) in [6, 6.07) is 7.83. The van der Waals surface area contributed by atoms with E-state index in [0.717, 1.165) is 6.07 Å². The second-order valence-corrected chi connectivity index (χ2v) is 2.83. The van der Waals surface area contributed by atoms with Gasteiger partial charge in [-0.1, -0.05) is 6.07 Å². The molecule has 3 nitrogen and oxygen atoms in total. The summed E-state index contributed by atoms with van der Waals surface area (Å²) in [6.45, 7) is 0. The lowest BCUT2D eigenvalue weighted by molar-refractivity contribution is 0.612. The smallest absolute Gasteiger partial charge is 0.284 e. The molecule has 2 aromatic rings. The van der Waals surface area contributed by atoms with Crippen molar-refractivity contribution in [2.24, 2.45) is 0 Å². The van der Waals surface area contributed by atoms with E-state index < -0.39 is 11.4 Å². The van der Waals surface area contributed by atoms with Gasteiger partial charge >= 0.3 is 0 Å². The first-order chi connectivity index (χ1) is 6.72. The van der Waals surface area contributed by atoms with E-state index in [-0.39, 0.29) is 0 Å². The van der Waals surface area contributed by atoms with Crippen molar-refractivity contribution in [2.75, 3.05) is 0 Å². The summed E-state index contributed by atoms with van der Waals surface area (Å²) in [4.78, 5) is 13.3. The largest absolute Gasteiger partial charge is 0.319 e. The van der Waals surface area contributed by atoms with Crippen molar-refractivity contribution >= 4 is 10.9 Å². The van der Waals surface area contributed by atoms with Crippen molar-refractivity contribution in [1.82, 2.24) is 4.98 Å². The first-order valence-corrected chi connectivity index (χ1v) is 3.94. The van der Waals surface area contributed by atoms with E-state index in [0.29, 0.717) is 16.5 Å². The van der Waals surface area contributed by atoms with Gasteiger partial charge in [-0.05, 0) is 18.2 Å². The van der Waals surface area contributed by atoms with Crippen LogP contribution in [0.15, 0.2) is 29.1 Å². The third-order valence-electron chi connectivity index (χ3n) is 1.96. The SMILES string of the molecule is N#Cc1cccc2[nH]c(=O)c(F)cc12. The lowest BCUT2D eigenvalue weighted by atomic mass is 10.1. The van der Waals surface area contributed by atoms with Crippen LogP contribution >= 0.6 is 0 Å². The number of hydrogen-bond donors (Lipinski definition) is 1. The molecular formula is C10H5FN2O. The number of nitrogens with zero attached hydrogens (tertiary/aromatic N) is 1. The first-order valence-electron chi connectivity index (χ1n) is 3.94. The Morgan fingerprint density at radius 1 is 1.43 bits per heavy atom. The molecule has 1 heterocycles. The Morgan fingerprint density at radius 2 is 2.21 bits per heavy atom. The van der Waals surface area contributed by atoms with Gasteiger partial charge in [0, 0.05) is 10.9 Å². The predicted molar refractivity (Wildman–Crippen MR) is 49.2 cm³/mol. The summed E-state index contributed by atoms with van der Waals surface area (Å²) in [5, 5.41) is 9.15. The molecule has 1 aromatic carbocycles. The third kappa shape index (κ3) is 1.15. The molecule has 0 aliphatic carbocycles. The second-order valence-electron chi connectivity index (χ2n) is 2.83. The molecular weight excluding hydrogens is 183 g/mol. The predicted octanol–water partition coefficient (Wildman–Crippen LogP) is 1.54. The first kappa shape index (κ1) is 8.45. The molecule has 0 saturated heterocycles. The van der Waals surface area contributed by atoms with E-state index in [1.807, 2.05) is 6.07 Å². The Labute approximate surface area is 78.4 Å². The molecule has 14 heavy (non-hydrogen) atoms. The maximum absolute atomic E-state index is 12.9. The molecule has 0 atom stereocenters. The number of halogens is 1. The van der Waals surface area contributed by atoms with Crippen molar-refractivity contribution in [3.63, 3.8) is 0 Å². The van der Waals surface area contributed by atoms with Gasteiger partial charge < -0.3 is 4.98 Å². The summed E-state index contributed by atoms with van der Waals surface area (Å²) in [5.74, 6) is -0.875. The van der Waals surface area contributed by atoms with Crippen LogP contribution in [0.5, 0.6) is 0 Å². The van der Waals surface area contributed by atoms with Crippen molar-refractivity contribution in [3.8, 4) is 6.07 Å². The highest BCUT2D eigenvalue weighted by atomic mass is 19.1. The summed E-state index contributed by atoms with van der Waals surface area (Å²) >= 11 is 0. The molecule has 2 rings (SSSR count). The summed E-state index contributed by atoms with van der Waals surface area (Å²) in [6.07, 6.45) is 0. The highest BCUT2D eigenvalue weighted by molar-refractivity contribution is 5.84.